The van der Waals surface area contributed by atoms with Crippen LogP contribution in [0.15, 0.2) is 64.8 Å². The molecule has 1 heterocycles. The number of nitrogens with one attached hydrogen (secondary N) is 1. The molecule has 114 valence electrons. The van der Waals surface area contributed by atoms with Gasteiger partial charge in [0.25, 0.3) is 0 Å². The highest BCUT2D eigenvalue weighted by atomic mass is 19.1. The highest BCUT2D eigenvalue weighted by Gasteiger charge is 2.30. The number of benzene rings is 2. The van der Waals surface area contributed by atoms with Crippen LogP contribution < -0.4 is 5.32 Å². The largest absolute Gasteiger partial charge is 0.356 e. The number of carbonyl (C=O) groups excluding carboxylic acids is 1. The average molecular weight is 306 g/mol. The smallest absolute Gasteiger partial charge is 0.166 e. The number of aliphatic imine (C=N–C) groups is 1. The van der Waals surface area contributed by atoms with Gasteiger partial charge >= 0.3 is 0 Å². The van der Waals surface area contributed by atoms with Gasteiger partial charge in [0.05, 0.1) is 16.9 Å². The molecule has 3 nitrogen and oxygen atoms in total. The van der Waals surface area contributed by atoms with E-state index in [1.54, 1.807) is 18.3 Å². The molecule has 0 fully saturated rings. The van der Waals surface area contributed by atoms with E-state index in [0.29, 0.717) is 24.0 Å². The van der Waals surface area contributed by atoms with Crippen molar-refractivity contribution in [2.75, 3.05) is 5.32 Å². The van der Waals surface area contributed by atoms with Gasteiger partial charge in [-0.25, -0.2) is 4.39 Å². The third-order valence-electron chi connectivity index (χ3n) is 4.38. The van der Waals surface area contributed by atoms with Crippen molar-refractivity contribution in [1.29, 1.82) is 0 Å². The lowest BCUT2D eigenvalue weighted by molar-refractivity contribution is -0.115. The molecular formula is C19H15FN2O. The molecule has 2 aromatic carbocycles. The lowest BCUT2D eigenvalue weighted by Gasteiger charge is -2.25. The van der Waals surface area contributed by atoms with Gasteiger partial charge in [0, 0.05) is 18.3 Å². The van der Waals surface area contributed by atoms with Crippen molar-refractivity contribution in [3.8, 4) is 0 Å². The van der Waals surface area contributed by atoms with E-state index in [1.807, 2.05) is 30.3 Å². The van der Waals surface area contributed by atoms with Crippen molar-refractivity contribution in [2.24, 2.45) is 4.99 Å². The Hall–Kier alpha value is -2.75. The molecule has 0 radical (unpaired) electrons. The van der Waals surface area contributed by atoms with Crippen molar-refractivity contribution in [3.05, 3.63) is 71.2 Å². The number of carbonyl (C=O) groups is 1. The molecule has 2 aromatic rings. The topological polar surface area (TPSA) is 41.5 Å². The summed E-state index contributed by atoms with van der Waals surface area (Å²) >= 11 is 0. The van der Waals surface area contributed by atoms with Crippen molar-refractivity contribution in [3.63, 3.8) is 0 Å². The number of hydrogen-bond donors (Lipinski definition) is 1. The van der Waals surface area contributed by atoms with Crippen molar-refractivity contribution >= 4 is 23.4 Å². The van der Waals surface area contributed by atoms with Crippen LogP contribution in [0, 0.1) is 5.82 Å². The van der Waals surface area contributed by atoms with Crippen LogP contribution in [0.5, 0.6) is 0 Å². The fourth-order valence-corrected chi connectivity index (χ4v) is 3.21. The number of nitrogens with zero attached hydrogens (tertiary/aromatic N) is 1. The van der Waals surface area contributed by atoms with Crippen LogP contribution in [-0.4, -0.2) is 12.0 Å². The Balaban J connectivity index is 1.72. The molecular weight excluding hydrogens is 291 g/mol. The van der Waals surface area contributed by atoms with Gasteiger partial charge in [-0.05, 0) is 36.1 Å². The molecule has 0 unspecified atom stereocenters. The maximum Gasteiger partial charge on any atom is 0.166 e. The van der Waals surface area contributed by atoms with Crippen LogP contribution in [0.1, 0.15) is 24.3 Å². The molecule has 2 aliphatic rings. The first-order chi connectivity index (χ1) is 11.2. The lowest BCUT2D eigenvalue weighted by atomic mass is 9.82. The number of rotatable bonds is 1. The normalized spacial score (nSPS) is 19.7. The maximum absolute atomic E-state index is 14.1. The molecule has 0 aromatic heterocycles. The molecule has 23 heavy (non-hydrogen) atoms. The van der Waals surface area contributed by atoms with Crippen molar-refractivity contribution in [1.82, 2.24) is 0 Å². The van der Waals surface area contributed by atoms with E-state index in [2.05, 4.69) is 10.3 Å². The maximum atomic E-state index is 14.1. The molecule has 0 amide bonds. The van der Waals surface area contributed by atoms with Gasteiger partial charge in [0.1, 0.15) is 5.82 Å². The van der Waals surface area contributed by atoms with E-state index >= 15 is 0 Å². The summed E-state index contributed by atoms with van der Waals surface area (Å²) < 4.78 is 14.1. The van der Waals surface area contributed by atoms with Gasteiger partial charge in [-0.1, -0.05) is 30.3 Å². The van der Waals surface area contributed by atoms with Crippen LogP contribution in [0.25, 0.3) is 0 Å². The minimum absolute atomic E-state index is 0.00330. The third kappa shape index (κ3) is 2.46. The molecule has 4 rings (SSSR count). The van der Waals surface area contributed by atoms with E-state index in [9.17, 15) is 9.18 Å². The molecule has 0 bridgehead atoms. The molecule has 0 spiro atoms. The van der Waals surface area contributed by atoms with Gasteiger partial charge < -0.3 is 5.32 Å². The Morgan fingerprint density at radius 3 is 2.70 bits per heavy atom. The van der Waals surface area contributed by atoms with Crippen molar-refractivity contribution < 1.29 is 9.18 Å². The fourth-order valence-electron chi connectivity index (χ4n) is 3.21. The number of para-hydroxylation sites is 2. The first kappa shape index (κ1) is 13.9. The van der Waals surface area contributed by atoms with Gasteiger partial charge in [-0.15, -0.1) is 0 Å². The van der Waals surface area contributed by atoms with Gasteiger partial charge in [0.2, 0.25) is 0 Å². The van der Waals surface area contributed by atoms with E-state index in [1.165, 1.54) is 6.07 Å². The number of fused-ring (bicyclic) bond motifs is 1. The predicted molar refractivity (Wildman–Crippen MR) is 88.6 cm³/mol. The Morgan fingerprint density at radius 2 is 1.83 bits per heavy atom. The summed E-state index contributed by atoms with van der Waals surface area (Å²) in [6.07, 6.45) is 2.54. The van der Waals surface area contributed by atoms with Crippen LogP contribution in [-0.2, 0) is 4.79 Å². The van der Waals surface area contributed by atoms with Crippen LogP contribution >= 0.6 is 0 Å². The molecule has 1 atom stereocenters. The predicted octanol–water partition coefficient (Wildman–Crippen LogP) is 4.35. The SMILES string of the molecule is O=C1C[C@@H](c2ccccc2F)CC2=C1C=Nc1ccccc1N2. The van der Waals surface area contributed by atoms with Gasteiger partial charge in [0.15, 0.2) is 5.78 Å². The van der Waals surface area contributed by atoms with E-state index < -0.39 is 0 Å². The number of anilines is 1. The third-order valence-corrected chi connectivity index (χ3v) is 4.38. The summed E-state index contributed by atoms with van der Waals surface area (Å²) in [6.45, 7) is 0. The second-order valence-corrected chi connectivity index (χ2v) is 5.84. The van der Waals surface area contributed by atoms with Crippen LogP contribution in [0.2, 0.25) is 0 Å². The summed E-state index contributed by atoms with van der Waals surface area (Å²) in [5.41, 5.74) is 3.70. The summed E-state index contributed by atoms with van der Waals surface area (Å²) in [4.78, 5) is 16.9. The minimum Gasteiger partial charge on any atom is -0.356 e. The molecule has 4 heteroatoms. The van der Waals surface area contributed by atoms with Gasteiger partial charge in [-0.3, -0.25) is 9.79 Å². The highest BCUT2D eigenvalue weighted by molar-refractivity contribution is 6.16. The molecule has 1 N–H and O–H groups in total. The molecule has 0 saturated heterocycles. The van der Waals surface area contributed by atoms with Crippen molar-refractivity contribution in [2.45, 2.75) is 18.8 Å². The zero-order valence-corrected chi connectivity index (χ0v) is 12.4. The summed E-state index contributed by atoms with van der Waals surface area (Å²) in [5, 5.41) is 3.32. The number of Topliss-reactive ketones (excluding diaryl/α,β-unsaturated/α-hetero) is 1. The second kappa shape index (κ2) is 5.47. The Morgan fingerprint density at radius 1 is 1.04 bits per heavy atom. The van der Waals surface area contributed by atoms with Gasteiger partial charge in [-0.2, -0.15) is 0 Å². The average Bonchev–Trinajstić information content (AvgIpc) is 2.74. The molecule has 1 aliphatic carbocycles. The first-order valence-corrected chi connectivity index (χ1v) is 7.63. The van der Waals surface area contributed by atoms with Crippen LogP contribution in [0.3, 0.4) is 0 Å². The zero-order chi connectivity index (χ0) is 15.8. The quantitative estimate of drug-likeness (QED) is 0.850. The number of allylic oxidation sites excluding steroid dienone is 2. The Labute approximate surface area is 133 Å². The van der Waals surface area contributed by atoms with Crippen LogP contribution in [0.4, 0.5) is 15.8 Å². The summed E-state index contributed by atoms with van der Waals surface area (Å²) in [7, 11) is 0. The second-order valence-electron chi connectivity index (χ2n) is 5.84. The number of ketones is 1. The van der Waals surface area contributed by atoms with E-state index in [0.717, 1.165) is 17.1 Å². The fraction of sp³-hybridized carbons (Fsp3) is 0.158. The van der Waals surface area contributed by atoms with E-state index in [-0.39, 0.29) is 17.5 Å². The minimum atomic E-state index is -0.253. The Bertz CT molecular complexity index is 854. The lowest BCUT2D eigenvalue weighted by Crippen LogP contribution is -2.22. The highest BCUT2D eigenvalue weighted by Crippen LogP contribution is 2.38. The zero-order valence-electron chi connectivity index (χ0n) is 12.4. The first-order valence-electron chi connectivity index (χ1n) is 7.63. The van der Waals surface area contributed by atoms with E-state index in [4.69, 9.17) is 0 Å². The molecule has 0 saturated carbocycles. The standard InChI is InChI=1S/C19H15FN2O/c20-15-6-2-1-5-13(15)12-9-18-14(19(23)10-12)11-21-16-7-3-4-8-17(16)22-18/h1-8,11-12,22H,9-10H2/t12-/m0/s1. The molecule has 1 aliphatic heterocycles. The number of hydrogen-bond acceptors (Lipinski definition) is 3. The summed E-state index contributed by atoms with van der Waals surface area (Å²) in [6, 6.07) is 14.3. The Kier molecular flexibility index (Phi) is 3.30. The monoisotopic (exact) mass is 306 g/mol. The number of halogens is 1. The summed E-state index contributed by atoms with van der Waals surface area (Å²) in [5.74, 6) is -0.394.